The monoisotopic (exact) mass is 245 g/mol. The van der Waals surface area contributed by atoms with Gasteiger partial charge in [-0.25, -0.2) is 0 Å². The SMILES string of the molecule is CC(c1ccco1)N(CC(=O)O)c1ccccc1. The number of nitrogens with zero attached hydrogens (tertiary/aromatic N) is 1. The van der Waals surface area contributed by atoms with Crippen molar-refractivity contribution in [1.82, 2.24) is 0 Å². The van der Waals surface area contributed by atoms with E-state index in [-0.39, 0.29) is 12.6 Å². The Morgan fingerprint density at radius 1 is 1.28 bits per heavy atom. The predicted octanol–water partition coefficient (Wildman–Crippen LogP) is 2.93. The van der Waals surface area contributed by atoms with Gasteiger partial charge in [0.25, 0.3) is 0 Å². The second kappa shape index (κ2) is 5.40. The molecule has 4 nitrogen and oxygen atoms in total. The molecular weight excluding hydrogens is 230 g/mol. The van der Waals surface area contributed by atoms with Crippen molar-refractivity contribution in [3.05, 3.63) is 54.5 Å². The number of para-hydroxylation sites is 1. The lowest BCUT2D eigenvalue weighted by atomic mass is 10.2. The van der Waals surface area contributed by atoms with E-state index in [0.29, 0.717) is 0 Å². The minimum absolute atomic E-state index is 0.0636. The Kier molecular flexibility index (Phi) is 3.67. The summed E-state index contributed by atoms with van der Waals surface area (Å²) in [6, 6.07) is 13.0. The van der Waals surface area contributed by atoms with Crippen molar-refractivity contribution in [1.29, 1.82) is 0 Å². The molecule has 0 aliphatic rings. The molecule has 0 aliphatic carbocycles. The first-order chi connectivity index (χ1) is 8.68. The summed E-state index contributed by atoms with van der Waals surface area (Å²) in [5.74, 6) is -0.114. The van der Waals surface area contributed by atoms with E-state index in [9.17, 15) is 4.79 Å². The minimum atomic E-state index is -0.864. The number of carboxylic acid groups (broad SMARTS) is 1. The molecule has 0 bridgehead atoms. The highest BCUT2D eigenvalue weighted by molar-refractivity contribution is 5.74. The Labute approximate surface area is 105 Å². The fourth-order valence-electron chi connectivity index (χ4n) is 1.90. The summed E-state index contributed by atoms with van der Waals surface area (Å²) in [5, 5.41) is 9.02. The van der Waals surface area contributed by atoms with Crippen molar-refractivity contribution >= 4 is 11.7 Å². The topological polar surface area (TPSA) is 53.7 Å². The van der Waals surface area contributed by atoms with E-state index in [1.165, 1.54) is 0 Å². The molecule has 2 aromatic rings. The molecule has 94 valence electrons. The summed E-state index contributed by atoms with van der Waals surface area (Å²) >= 11 is 0. The summed E-state index contributed by atoms with van der Waals surface area (Å²) in [6.07, 6.45) is 1.59. The Bertz CT molecular complexity index is 493. The van der Waals surface area contributed by atoms with Crippen LogP contribution in [0.2, 0.25) is 0 Å². The second-order valence-corrected chi connectivity index (χ2v) is 4.05. The van der Waals surface area contributed by atoms with Crippen LogP contribution in [0.5, 0.6) is 0 Å². The van der Waals surface area contributed by atoms with Crippen LogP contribution in [-0.2, 0) is 4.79 Å². The third kappa shape index (κ3) is 2.71. The molecule has 0 spiro atoms. The van der Waals surface area contributed by atoms with Gasteiger partial charge in [0.1, 0.15) is 12.3 Å². The van der Waals surface area contributed by atoms with Crippen LogP contribution < -0.4 is 4.90 Å². The molecule has 0 amide bonds. The highest BCUT2D eigenvalue weighted by Gasteiger charge is 2.20. The van der Waals surface area contributed by atoms with Gasteiger partial charge < -0.3 is 14.4 Å². The summed E-state index contributed by atoms with van der Waals surface area (Å²) in [4.78, 5) is 12.8. The average Bonchev–Trinajstić information content (AvgIpc) is 2.90. The maximum atomic E-state index is 11.0. The maximum Gasteiger partial charge on any atom is 0.323 e. The largest absolute Gasteiger partial charge is 0.480 e. The quantitative estimate of drug-likeness (QED) is 0.880. The number of furan rings is 1. The number of hydrogen-bond donors (Lipinski definition) is 1. The Morgan fingerprint density at radius 3 is 2.56 bits per heavy atom. The van der Waals surface area contributed by atoms with E-state index in [2.05, 4.69) is 0 Å². The average molecular weight is 245 g/mol. The molecule has 0 radical (unpaired) electrons. The van der Waals surface area contributed by atoms with E-state index in [1.54, 1.807) is 17.2 Å². The van der Waals surface area contributed by atoms with E-state index in [4.69, 9.17) is 9.52 Å². The van der Waals surface area contributed by atoms with E-state index in [1.807, 2.05) is 43.3 Å². The van der Waals surface area contributed by atoms with Gasteiger partial charge in [-0.3, -0.25) is 4.79 Å². The van der Waals surface area contributed by atoms with Crippen molar-refractivity contribution in [2.75, 3.05) is 11.4 Å². The molecule has 0 fully saturated rings. The van der Waals surface area contributed by atoms with Gasteiger partial charge in [0.2, 0.25) is 0 Å². The van der Waals surface area contributed by atoms with Crippen LogP contribution in [0.25, 0.3) is 0 Å². The lowest BCUT2D eigenvalue weighted by Crippen LogP contribution is -2.32. The summed E-state index contributed by atoms with van der Waals surface area (Å²) in [6.45, 7) is 1.86. The number of benzene rings is 1. The van der Waals surface area contributed by atoms with E-state index < -0.39 is 5.97 Å². The van der Waals surface area contributed by atoms with Crippen molar-refractivity contribution in [2.24, 2.45) is 0 Å². The highest BCUT2D eigenvalue weighted by atomic mass is 16.4. The number of anilines is 1. The summed E-state index contributed by atoms with van der Waals surface area (Å²) < 4.78 is 5.34. The van der Waals surface area contributed by atoms with Crippen molar-refractivity contribution in [3.63, 3.8) is 0 Å². The van der Waals surface area contributed by atoms with Crippen molar-refractivity contribution < 1.29 is 14.3 Å². The predicted molar refractivity (Wildman–Crippen MR) is 68.5 cm³/mol. The normalized spacial score (nSPS) is 12.1. The maximum absolute atomic E-state index is 11.0. The van der Waals surface area contributed by atoms with Gasteiger partial charge in [-0.15, -0.1) is 0 Å². The Balaban J connectivity index is 2.28. The smallest absolute Gasteiger partial charge is 0.323 e. The third-order valence-electron chi connectivity index (χ3n) is 2.82. The lowest BCUT2D eigenvalue weighted by Gasteiger charge is -2.28. The number of hydrogen-bond acceptors (Lipinski definition) is 3. The number of aliphatic carboxylic acids is 1. The third-order valence-corrected chi connectivity index (χ3v) is 2.82. The zero-order valence-corrected chi connectivity index (χ0v) is 10.1. The van der Waals surface area contributed by atoms with Gasteiger partial charge >= 0.3 is 5.97 Å². The summed E-state index contributed by atoms with van der Waals surface area (Å²) in [5.41, 5.74) is 0.865. The van der Waals surface area contributed by atoms with E-state index in [0.717, 1.165) is 11.4 Å². The molecule has 0 saturated carbocycles. The molecule has 1 aromatic carbocycles. The molecule has 1 N–H and O–H groups in total. The van der Waals surface area contributed by atoms with Gasteiger partial charge in [0.05, 0.1) is 12.3 Å². The highest BCUT2D eigenvalue weighted by Crippen LogP contribution is 2.26. The zero-order chi connectivity index (χ0) is 13.0. The van der Waals surface area contributed by atoms with Gasteiger partial charge in [-0.05, 0) is 31.2 Å². The molecule has 1 aromatic heterocycles. The fourth-order valence-corrected chi connectivity index (χ4v) is 1.90. The fraction of sp³-hybridized carbons (Fsp3) is 0.214. The van der Waals surface area contributed by atoms with Crippen molar-refractivity contribution in [2.45, 2.75) is 13.0 Å². The van der Waals surface area contributed by atoms with Crippen LogP contribution in [0.15, 0.2) is 53.1 Å². The van der Waals surface area contributed by atoms with E-state index >= 15 is 0 Å². The number of rotatable bonds is 5. The Hall–Kier alpha value is -2.23. The first kappa shape index (κ1) is 12.2. The molecule has 18 heavy (non-hydrogen) atoms. The minimum Gasteiger partial charge on any atom is -0.480 e. The first-order valence-electron chi connectivity index (χ1n) is 5.75. The van der Waals surface area contributed by atoms with Crippen LogP contribution in [0.4, 0.5) is 5.69 Å². The number of carboxylic acids is 1. The van der Waals surface area contributed by atoms with Gasteiger partial charge in [0, 0.05) is 5.69 Å². The molecule has 0 aliphatic heterocycles. The number of carbonyl (C=O) groups is 1. The summed E-state index contributed by atoms with van der Waals surface area (Å²) in [7, 11) is 0. The van der Waals surface area contributed by atoms with Crippen LogP contribution in [0.1, 0.15) is 18.7 Å². The van der Waals surface area contributed by atoms with Crippen LogP contribution >= 0.6 is 0 Å². The molecule has 2 rings (SSSR count). The van der Waals surface area contributed by atoms with Crippen molar-refractivity contribution in [3.8, 4) is 0 Å². The van der Waals surface area contributed by atoms with Gasteiger partial charge in [0.15, 0.2) is 0 Å². The Morgan fingerprint density at radius 2 is 2.00 bits per heavy atom. The lowest BCUT2D eigenvalue weighted by molar-refractivity contribution is -0.135. The molecule has 1 heterocycles. The first-order valence-corrected chi connectivity index (χ1v) is 5.75. The second-order valence-electron chi connectivity index (χ2n) is 4.05. The zero-order valence-electron chi connectivity index (χ0n) is 10.1. The molecule has 1 unspecified atom stereocenters. The molecule has 0 saturated heterocycles. The molecule has 1 atom stereocenters. The van der Waals surface area contributed by atoms with Gasteiger partial charge in [-0.2, -0.15) is 0 Å². The van der Waals surface area contributed by atoms with Crippen LogP contribution in [0, 0.1) is 0 Å². The van der Waals surface area contributed by atoms with Crippen LogP contribution in [0.3, 0.4) is 0 Å². The standard InChI is InChI=1S/C14H15NO3/c1-11(13-8-5-9-18-13)15(10-14(16)17)12-6-3-2-4-7-12/h2-9,11H,10H2,1H3,(H,16,17). The molecular formula is C14H15NO3. The van der Waals surface area contributed by atoms with Crippen LogP contribution in [-0.4, -0.2) is 17.6 Å². The van der Waals surface area contributed by atoms with Gasteiger partial charge in [-0.1, -0.05) is 18.2 Å². The molecule has 4 heteroatoms.